The van der Waals surface area contributed by atoms with Crippen molar-refractivity contribution in [2.45, 2.75) is 31.1 Å². The van der Waals surface area contributed by atoms with Gasteiger partial charge in [-0.15, -0.1) is 11.3 Å². The molecule has 1 amide bonds. The summed E-state index contributed by atoms with van der Waals surface area (Å²) in [5, 5.41) is 2.77. The Labute approximate surface area is 148 Å². The first-order chi connectivity index (χ1) is 11.9. The number of nitrogens with one attached hydrogen (secondary N) is 2. The number of aromatic amines is 1. The van der Waals surface area contributed by atoms with E-state index in [2.05, 4.69) is 15.3 Å². The standard InChI is InChI=1S/C15H16N4O4S2/c20-13-10(2-1-6-16-13)14(21)18-15-17-11-5-7-19(8-12(11)24-15)25(22,23)9-3-4-9/h1-2,6,9H,3-5,7-8H2,(H,16,20)(H,17,18,21). The number of thiazole rings is 1. The Morgan fingerprint density at radius 3 is 2.92 bits per heavy atom. The monoisotopic (exact) mass is 380 g/mol. The molecule has 1 saturated carbocycles. The third-order valence-corrected chi connectivity index (χ3v) is 7.63. The Balaban J connectivity index is 1.52. The van der Waals surface area contributed by atoms with Crippen molar-refractivity contribution in [2.24, 2.45) is 0 Å². The van der Waals surface area contributed by atoms with Crippen molar-refractivity contribution in [3.05, 3.63) is 44.8 Å². The molecule has 1 fully saturated rings. The highest BCUT2D eigenvalue weighted by atomic mass is 32.2. The van der Waals surface area contributed by atoms with Crippen molar-refractivity contribution in [3.63, 3.8) is 0 Å². The van der Waals surface area contributed by atoms with E-state index < -0.39 is 21.5 Å². The maximum Gasteiger partial charge on any atom is 0.263 e. The molecule has 0 unspecified atom stereocenters. The van der Waals surface area contributed by atoms with Crippen molar-refractivity contribution in [1.82, 2.24) is 14.3 Å². The van der Waals surface area contributed by atoms with Crippen LogP contribution in [0.4, 0.5) is 5.13 Å². The molecule has 2 aliphatic rings. The van der Waals surface area contributed by atoms with Crippen LogP contribution in [0.15, 0.2) is 23.1 Å². The highest BCUT2D eigenvalue weighted by Gasteiger charge is 2.41. The van der Waals surface area contributed by atoms with Crippen molar-refractivity contribution in [2.75, 3.05) is 11.9 Å². The van der Waals surface area contributed by atoms with Crippen LogP contribution < -0.4 is 10.9 Å². The molecule has 1 aliphatic carbocycles. The number of pyridine rings is 1. The van der Waals surface area contributed by atoms with Crippen LogP contribution in [0, 0.1) is 0 Å². The minimum Gasteiger partial charge on any atom is -0.328 e. The van der Waals surface area contributed by atoms with Crippen LogP contribution in [0.2, 0.25) is 0 Å². The van der Waals surface area contributed by atoms with Gasteiger partial charge in [-0.3, -0.25) is 14.9 Å². The summed E-state index contributed by atoms with van der Waals surface area (Å²) in [7, 11) is -3.21. The quantitative estimate of drug-likeness (QED) is 0.820. The van der Waals surface area contributed by atoms with Crippen molar-refractivity contribution >= 4 is 32.4 Å². The molecule has 0 bridgehead atoms. The first-order valence-corrected chi connectivity index (χ1v) is 10.2. The Hall–Kier alpha value is -2.04. The number of carbonyl (C=O) groups excluding carboxylic acids is 1. The predicted octanol–water partition coefficient (Wildman–Crippen LogP) is 0.934. The second-order valence-electron chi connectivity index (χ2n) is 6.08. The van der Waals surface area contributed by atoms with Crippen LogP contribution in [0.1, 0.15) is 33.8 Å². The van der Waals surface area contributed by atoms with Crippen molar-refractivity contribution in [1.29, 1.82) is 0 Å². The zero-order valence-electron chi connectivity index (χ0n) is 13.2. The second-order valence-corrected chi connectivity index (χ2v) is 9.38. The molecule has 132 valence electrons. The van der Waals surface area contributed by atoms with Crippen LogP contribution in [-0.4, -0.2) is 40.4 Å². The molecule has 25 heavy (non-hydrogen) atoms. The van der Waals surface area contributed by atoms with Gasteiger partial charge in [0.25, 0.3) is 11.5 Å². The third kappa shape index (κ3) is 3.12. The van der Waals surface area contributed by atoms with E-state index in [0.717, 1.165) is 23.4 Å². The molecule has 3 heterocycles. The average Bonchev–Trinajstić information content (AvgIpc) is 3.36. The van der Waals surface area contributed by atoms with E-state index in [-0.39, 0.29) is 10.8 Å². The van der Waals surface area contributed by atoms with E-state index in [1.165, 1.54) is 27.9 Å². The number of nitrogens with zero attached hydrogens (tertiary/aromatic N) is 2. The first-order valence-electron chi connectivity index (χ1n) is 7.92. The third-order valence-electron chi connectivity index (χ3n) is 4.28. The van der Waals surface area contributed by atoms with Gasteiger partial charge in [-0.2, -0.15) is 4.31 Å². The fourth-order valence-corrected chi connectivity index (χ4v) is 5.69. The number of anilines is 1. The van der Waals surface area contributed by atoms with E-state index in [4.69, 9.17) is 0 Å². The summed E-state index contributed by atoms with van der Waals surface area (Å²) in [6.07, 6.45) is 3.46. The number of fused-ring (bicyclic) bond motifs is 1. The first kappa shape index (κ1) is 16.4. The van der Waals surface area contributed by atoms with Crippen LogP contribution >= 0.6 is 11.3 Å². The Morgan fingerprint density at radius 1 is 1.40 bits per heavy atom. The number of hydrogen-bond donors (Lipinski definition) is 2. The molecule has 0 radical (unpaired) electrons. The zero-order valence-corrected chi connectivity index (χ0v) is 14.8. The predicted molar refractivity (Wildman–Crippen MR) is 93.2 cm³/mol. The summed E-state index contributed by atoms with van der Waals surface area (Å²) in [5.41, 5.74) is 0.348. The van der Waals surface area contributed by atoms with Gasteiger partial charge in [0.2, 0.25) is 10.0 Å². The molecule has 2 aromatic rings. The molecule has 8 nitrogen and oxygen atoms in total. The van der Waals surface area contributed by atoms with Gasteiger partial charge in [-0.1, -0.05) is 0 Å². The number of sulfonamides is 1. The smallest absolute Gasteiger partial charge is 0.263 e. The fourth-order valence-electron chi connectivity index (χ4n) is 2.78. The molecule has 0 saturated heterocycles. The lowest BCUT2D eigenvalue weighted by Crippen LogP contribution is -2.37. The van der Waals surface area contributed by atoms with Gasteiger partial charge in [0, 0.05) is 30.6 Å². The average molecular weight is 380 g/mol. The highest BCUT2D eigenvalue weighted by Crippen LogP contribution is 2.35. The number of aromatic nitrogens is 2. The summed E-state index contributed by atoms with van der Waals surface area (Å²) < 4.78 is 26.2. The van der Waals surface area contributed by atoms with Gasteiger partial charge < -0.3 is 4.98 Å². The normalized spacial score (nSPS) is 17.9. The van der Waals surface area contributed by atoms with Gasteiger partial charge in [0.15, 0.2) is 5.13 Å². The minimum absolute atomic E-state index is 0.00797. The summed E-state index contributed by atoms with van der Waals surface area (Å²) in [6.45, 7) is 0.717. The molecule has 2 aromatic heterocycles. The highest BCUT2D eigenvalue weighted by molar-refractivity contribution is 7.90. The van der Waals surface area contributed by atoms with Gasteiger partial charge in [0.1, 0.15) is 5.56 Å². The molecule has 1 aliphatic heterocycles. The SMILES string of the molecule is O=C(Nc1nc2c(s1)CN(S(=O)(=O)C1CC1)CC2)c1ccc[nH]c1=O. The Kier molecular flexibility index (Phi) is 3.97. The van der Waals surface area contributed by atoms with Crippen LogP contribution in [0.25, 0.3) is 0 Å². The Morgan fingerprint density at radius 2 is 2.20 bits per heavy atom. The number of rotatable bonds is 4. The molecule has 0 atom stereocenters. The van der Waals surface area contributed by atoms with Gasteiger partial charge in [-0.25, -0.2) is 13.4 Å². The topological polar surface area (TPSA) is 112 Å². The number of H-pyrrole nitrogens is 1. The van der Waals surface area contributed by atoms with E-state index in [0.29, 0.717) is 24.6 Å². The van der Waals surface area contributed by atoms with Gasteiger partial charge in [-0.05, 0) is 25.0 Å². The lowest BCUT2D eigenvalue weighted by Gasteiger charge is -2.25. The lowest BCUT2D eigenvalue weighted by atomic mass is 10.2. The fraction of sp³-hybridized carbons (Fsp3) is 0.400. The maximum absolute atomic E-state index is 12.4. The van der Waals surface area contributed by atoms with Crippen molar-refractivity contribution < 1.29 is 13.2 Å². The Bertz CT molecular complexity index is 991. The minimum atomic E-state index is -3.21. The van der Waals surface area contributed by atoms with Gasteiger partial charge >= 0.3 is 0 Å². The largest absolute Gasteiger partial charge is 0.328 e. The number of carbonyl (C=O) groups is 1. The van der Waals surface area contributed by atoms with Gasteiger partial charge in [0.05, 0.1) is 10.9 Å². The van der Waals surface area contributed by atoms with Crippen LogP contribution in [0.3, 0.4) is 0 Å². The summed E-state index contributed by atoms with van der Waals surface area (Å²) in [4.78, 5) is 31.5. The molecule has 4 rings (SSSR count). The lowest BCUT2D eigenvalue weighted by molar-refractivity contribution is 0.102. The van der Waals surface area contributed by atoms with Crippen molar-refractivity contribution in [3.8, 4) is 0 Å². The molecular weight excluding hydrogens is 364 g/mol. The van der Waals surface area contributed by atoms with E-state index in [9.17, 15) is 18.0 Å². The van der Waals surface area contributed by atoms with Crippen LogP contribution in [0.5, 0.6) is 0 Å². The summed E-state index contributed by atoms with van der Waals surface area (Å²) in [6, 6.07) is 3.01. The maximum atomic E-state index is 12.4. The van der Waals surface area contributed by atoms with Crippen LogP contribution in [-0.2, 0) is 23.0 Å². The molecular formula is C15H16N4O4S2. The zero-order chi connectivity index (χ0) is 17.6. The molecule has 2 N–H and O–H groups in total. The second kappa shape index (κ2) is 6.04. The summed E-state index contributed by atoms with van der Waals surface area (Å²) in [5.74, 6) is -0.532. The van der Waals surface area contributed by atoms with E-state index in [1.807, 2.05) is 0 Å². The number of hydrogen-bond acceptors (Lipinski definition) is 6. The molecule has 0 aromatic carbocycles. The summed E-state index contributed by atoms with van der Waals surface area (Å²) >= 11 is 1.25. The molecule has 10 heteroatoms. The van der Waals surface area contributed by atoms with E-state index in [1.54, 1.807) is 6.07 Å². The van der Waals surface area contributed by atoms with E-state index >= 15 is 0 Å². The number of amides is 1. The molecule has 0 spiro atoms.